The second kappa shape index (κ2) is 7.39. The van der Waals surface area contributed by atoms with Gasteiger partial charge in [0.05, 0.1) is 6.04 Å². The van der Waals surface area contributed by atoms with Crippen LogP contribution < -0.4 is 16.0 Å². The number of anilines is 2. The average molecular weight is 357 g/mol. The van der Waals surface area contributed by atoms with Crippen molar-refractivity contribution in [1.82, 2.24) is 5.32 Å². The van der Waals surface area contributed by atoms with Crippen LogP contribution >= 0.6 is 0 Å². The minimum Gasteiger partial charge on any atom is -0.325 e. The van der Waals surface area contributed by atoms with Gasteiger partial charge < -0.3 is 16.0 Å². The summed E-state index contributed by atoms with van der Waals surface area (Å²) >= 11 is 0. The molecule has 3 rings (SSSR count). The van der Waals surface area contributed by atoms with E-state index in [1.807, 2.05) is 45.9 Å². The summed E-state index contributed by atoms with van der Waals surface area (Å²) in [4.78, 5) is 24.9. The molecule has 3 atom stereocenters. The van der Waals surface area contributed by atoms with E-state index in [0.29, 0.717) is 12.0 Å². The van der Waals surface area contributed by atoms with Crippen LogP contribution in [0, 0.1) is 18.3 Å². The molecule has 1 aromatic carbocycles. The van der Waals surface area contributed by atoms with Gasteiger partial charge >= 0.3 is 0 Å². The molecule has 1 aliphatic heterocycles. The fraction of sp³-hybridized carbons (Fsp3) is 0.619. The van der Waals surface area contributed by atoms with Gasteiger partial charge in [-0.1, -0.05) is 39.7 Å². The Morgan fingerprint density at radius 3 is 2.54 bits per heavy atom. The number of carbonyl (C=O) groups is 2. The molecule has 0 aromatic heterocycles. The van der Waals surface area contributed by atoms with E-state index in [0.717, 1.165) is 23.4 Å². The van der Waals surface area contributed by atoms with E-state index in [-0.39, 0.29) is 17.9 Å². The van der Waals surface area contributed by atoms with Gasteiger partial charge in [-0.2, -0.15) is 0 Å². The molecule has 2 amide bonds. The van der Waals surface area contributed by atoms with E-state index in [9.17, 15) is 9.59 Å². The number of hydrogen-bond acceptors (Lipinski definition) is 3. The molecule has 1 aliphatic carbocycles. The summed E-state index contributed by atoms with van der Waals surface area (Å²) in [5.74, 6) is 0.626. The lowest BCUT2D eigenvalue weighted by atomic mass is 9.85. The standard InChI is InChI=1S/C21H31N3O2/c1-13-9-10-15(12-17(13)24-20(26)21(2,3)4)22-19(25)18-11-14-7-5-6-8-16(14)23-18/h9-10,12,14,16,18,23H,5-8,11H2,1-4H3,(H,22,25)(H,24,26). The summed E-state index contributed by atoms with van der Waals surface area (Å²) in [6, 6.07) is 6.05. The third kappa shape index (κ3) is 4.26. The van der Waals surface area contributed by atoms with Crippen molar-refractivity contribution in [2.45, 2.75) is 71.9 Å². The van der Waals surface area contributed by atoms with Gasteiger partial charge in [-0.15, -0.1) is 0 Å². The topological polar surface area (TPSA) is 70.2 Å². The van der Waals surface area contributed by atoms with Crippen LogP contribution in [0.4, 0.5) is 11.4 Å². The Kier molecular flexibility index (Phi) is 5.37. The molecule has 0 radical (unpaired) electrons. The highest BCUT2D eigenvalue weighted by Crippen LogP contribution is 2.33. The van der Waals surface area contributed by atoms with Crippen LogP contribution in [0.5, 0.6) is 0 Å². The Bertz CT molecular complexity index is 679. The van der Waals surface area contributed by atoms with E-state index in [4.69, 9.17) is 0 Å². The minimum atomic E-state index is -0.463. The van der Waals surface area contributed by atoms with Crippen LogP contribution in [0.15, 0.2) is 18.2 Å². The van der Waals surface area contributed by atoms with Crippen molar-refractivity contribution in [3.63, 3.8) is 0 Å². The van der Waals surface area contributed by atoms with Crippen molar-refractivity contribution in [1.29, 1.82) is 0 Å². The predicted molar refractivity (Wildman–Crippen MR) is 105 cm³/mol. The molecular formula is C21H31N3O2. The SMILES string of the molecule is Cc1ccc(NC(=O)C2CC3CCCCC3N2)cc1NC(=O)C(C)(C)C. The molecule has 26 heavy (non-hydrogen) atoms. The molecule has 1 heterocycles. The fourth-order valence-electron chi connectivity index (χ4n) is 3.89. The van der Waals surface area contributed by atoms with Gasteiger partial charge in [0.15, 0.2) is 0 Å². The molecule has 2 aliphatic rings. The lowest BCUT2D eigenvalue weighted by molar-refractivity contribution is -0.123. The number of carbonyl (C=O) groups excluding carboxylic acids is 2. The molecule has 1 saturated heterocycles. The number of rotatable bonds is 3. The molecule has 1 saturated carbocycles. The Morgan fingerprint density at radius 2 is 1.85 bits per heavy atom. The van der Waals surface area contributed by atoms with Gasteiger partial charge in [0.1, 0.15) is 0 Å². The number of fused-ring (bicyclic) bond motifs is 1. The maximum Gasteiger partial charge on any atom is 0.241 e. The van der Waals surface area contributed by atoms with Crippen LogP contribution in [0.3, 0.4) is 0 Å². The second-order valence-electron chi connectivity index (χ2n) is 8.83. The zero-order chi connectivity index (χ0) is 18.9. The van der Waals surface area contributed by atoms with Crippen molar-refractivity contribution in [3.8, 4) is 0 Å². The Morgan fingerprint density at radius 1 is 1.12 bits per heavy atom. The molecular weight excluding hydrogens is 326 g/mol. The third-order valence-electron chi connectivity index (χ3n) is 5.61. The minimum absolute atomic E-state index is 0.0244. The van der Waals surface area contributed by atoms with E-state index in [2.05, 4.69) is 16.0 Å². The van der Waals surface area contributed by atoms with Crippen molar-refractivity contribution in [2.24, 2.45) is 11.3 Å². The normalized spacial score (nSPS) is 25.5. The maximum atomic E-state index is 12.7. The highest BCUT2D eigenvalue weighted by molar-refractivity contribution is 5.98. The van der Waals surface area contributed by atoms with Crippen LogP contribution in [-0.2, 0) is 9.59 Å². The van der Waals surface area contributed by atoms with Gasteiger partial charge in [-0.25, -0.2) is 0 Å². The zero-order valence-corrected chi connectivity index (χ0v) is 16.3. The van der Waals surface area contributed by atoms with Gasteiger partial charge in [0, 0.05) is 22.8 Å². The zero-order valence-electron chi connectivity index (χ0n) is 16.3. The van der Waals surface area contributed by atoms with Crippen molar-refractivity contribution in [2.75, 3.05) is 10.6 Å². The first-order valence-corrected chi connectivity index (χ1v) is 9.73. The molecule has 0 spiro atoms. The van der Waals surface area contributed by atoms with E-state index in [1.54, 1.807) is 0 Å². The smallest absolute Gasteiger partial charge is 0.241 e. The van der Waals surface area contributed by atoms with Crippen molar-refractivity contribution >= 4 is 23.2 Å². The maximum absolute atomic E-state index is 12.7. The number of amides is 2. The van der Waals surface area contributed by atoms with Crippen LogP contribution in [-0.4, -0.2) is 23.9 Å². The van der Waals surface area contributed by atoms with E-state index >= 15 is 0 Å². The lowest BCUT2D eigenvalue weighted by Crippen LogP contribution is -2.39. The van der Waals surface area contributed by atoms with Crippen LogP contribution in [0.1, 0.15) is 58.4 Å². The number of aryl methyl sites for hydroxylation is 1. The first-order chi connectivity index (χ1) is 12.2. The third-order valence-corrected chi connectivity index (χ3v) is 5.61. The summed E-state index contributed by atoms with van der Waals surface area (Å²) < 4.78 is 0. The monoisotopic (exact) mass is 357 g/mol. The molecule has 5 heteroatoms. The first kappa shape index (κ1) is 18.9. The van der Waals surface area contributed by atoms with Crippen LogP contribution in [0.25, 0.3) is 0 Å². The predicted octanol–water partition coefficient (Wildman–Crippen LogP) is 3.84. The molecule has 3 N–H and O–H groups in total. The number of benzene rings is 1. The summed E-state index contributed by atoms with van der Waals surface area (Å²) in [5, 5.41) is 9.50. The molecule has 142 valence electrons. The Balaban J connectivity index is 1.65. The Hall–Kier alpha value is -1.88. The van der Waals surface area contributed by atoms with Gasteiger partial charge in [-0.3, -0.25) is 9.59 Å². The molecule has 1 aromatic rings. The molecule has 2 fully saturated rings. The molecule has 5 nitrogen and oxygen atoms in total. The van der Waals surface area contributed by atoms with E-state index < -0.39 is 5.41 Å². The quantitative estimate of drug-likeness (QED) is 0.770. The first-order valence-electron chi connectivity index (χ1n) is 9.73. The number of hydrogen-bond donors (Lipinski definition) is 3. The summed E-state index contributed by atoms with van der Waals surface area (Å²) in [7, 11) is 0. The highest BCUT2D eigenvalue weighted by Gasteiger charge is 2.38. The van der Waals surface area contributed by atoms with E-state index in [1.165, 1.54) is 25.7 Å². The van der Waals surface area contributed by atoms with Crippen molar-refractivity contribution < 1.29 is 9.59 Å². The Labute approximate surface area is 156 Å². The number of nitrogens with one attached hydrogen (secondary N) is 3. The van der Waals surface area contributed by atoms with Gasteiger partial charge in [-0.05, 0) is 49.8 Å². The molecule has 0 bridgehead atoms. The molecule has 3 unspecified atom stereocenters. The summed E-state index contributed by atoms with van der Waals surface area (Å²) in [5.41, 5.74) is 1.98. The van der Waals surface area contributed by atoms with Crippen LogP contribution in [0.2, 0.25) is 0 Å². The van der Waals surface area contributed by atoms with Gasteiger partial charge in [0.2, 0.25) is 11.8 Å². The highest BCUT2D eigenvalue weighted by atomic mass is 16.2. The largest absolute Gasteiger partial charge is 0.325 e. The lowest BCUT2D eigenvalue weighted by Gasteiger charge is -2.24. The fourth-order valence-corrected chi connectivity index (χ4v) is 3.89. The second-order valence-corrected chi connectivity index (χ2v) is 8.83. The summed E-state index contributed by atoms with van der Waals surface area (Å²) in [6.07, 6.45) is 5.89. The van der Waals surface area contributed by atoms with Crippen molar-refractivity contribution in [3.05, 3.63) is 23.8 Å². The summed E-state index contributed by atoms with van der Waals surface area (Å²) in [6.45, 7) is 7.60. The average Bonchev–Trinajstić information content (AvgIpc) is 3.01. The van der Waals surface area contributed by atoms with Gasteiger partial charge in [0.25, 0.3) is 0 Å².